The molecule has 152 valence electrons. The van der Waals surface area contributed by atoms with Gasteiger partial charge < -0.3 is 14.7 Å². The van der Waals surface area contributed by atoms with Gasteiger partial charge >= 0.3 is 5.63 Å². The molecule has 7 nitrogen and oxygen atoms in total. The van der Waals surface area contributed by atoms with Gasteiger partial charge in [0.1, 0.15) is 17.0 Å². The van der Waals surface area contributed by atoms with Gasteiger partial charge in [0, 0.05) is 11.1 Å². The molecule has 5 rings (SSSR count). The van der Waals surface area contributed by atoms with Crippen LogP contribution >= 0.6 is 0 Å². The normalized spacial score (nSPS) is 14.9. The van der Waals surface area contributed by atoms with Crippen LogP contribution in [0.5, 0.6) is 0 Å². The van der Waals surface area contributed by atoms with Crippen molar-refractivity contribution in [3.05, 3.63) is 70.3 Å². The molecule has 0 radical (unpaired) electrons. The molecule has 0 atom stereocenters. The summed E-state index contributed by atoms with van der Waals surface area (Å²) >= 11 is 0. The molecular weight excluding hydrogens is 380 g/mol. The van der Waals surface area contributed by atoms with Gasteiger partial charge in [-0.25, -0.2) is 9.78 Å². The van der Waals surface area contributed by atoms with Crippen LogP contribution in [-0.2, 0) is 6.54 Å². The summed E-state index contributed by atoms with van der Waals surface area (Å²) in [5.41, 5.74) is 2.07. The zero-order chi connectivity index (χ0) is 20.5. The molecule has 1 aliphatic heterocycles. The van der Waals surface area contributed by atoms with E-state index in [1.165, 1.54) is 19.3 Å². The van der Waals surface area contributed by atoms with Crippen molar-refractivity contribution in [1.82, 2.24) is 14.9 Å². The zero-order valence-electron chi connectivity index (χ0n) is 16.5. The lowest BCUT2D eigenvalue weighted by molar-refractivity contribution is 0.102. The van der Waals surface area contributed by atoms with Gasteiger partial charge in [-0.2, -0.15) is 0 Å². The molecule has 0 aliphatic carbocycles. The smallest absolute Gasteiger partial charge is 0.349 e. The van der Waals surface area contributed by atoms with Crippen LogP contribution in [0.2, 0.25) is 0 Å². The summed E-state index contributed by atoms with van der Waals surface area (Å²) in [7, 11) is 0. The van der Waals surface area contributed by atoms with Gasteiger partial charge in [0.25, 0.3) is 5.91 Å². The van der Waals surface area contributed by atoms with Crippen molar-refractivity contribution >= 4 is 33.6 Å². The Morgan fingerprint density at radius 3 is 2.80 bits per heavy atom. The Balaban J connectivity index is 1.36. The molecule has 2 N–H and O–H groups in total. The lowest BCUT2D eigenvalue weighted by Gasteiger charge is -2.25. The molecule has 1 fully saturated rings. The molecule has 1 aliphatic rings. The number of piperidine rings is 1. The van der Waals surface area contributed by atoms with E-state index in [0.29, 0.717) is 16.7 Å². The Hall–Kier alpha value is -3.45. The molecule has 30 heavy (non-hydrogen) atoms. The number of anilines is 1. The molecule has 7 heteroatoms. The Morgan fingerprint density at radius 1 is 1.10 bits per heavy atom. The summed E-state index contributed by atoms with van der Waals surface area (Å²) in [6, 6.07) is 14.2. The van der Waals surface area contributed by atoms with Crippen LogP contribution in [0.3, 0.4) is 0 Å². The first-order valence-electron chi connectivity index (χ1n) is 10.2. The minimum absolute atomic E-state index is 0.0239. The predicted molar refractivity (Wildman–Crippen MR) is 116 cm³/mol. The number of imidazole rings is 1. The van der Waals surface area contributed by atoms with Crippen molar-refractivity contribution in [3.8, 4) is 0 Å². The van der Waals surface area contributed by atoms with Crippen molar-refractivity contribution in [3.63, 3.8) is 0 Å². The van der Waals surface area contributed by atoms with E-state index in [2.05, 4.69) is 20.2 Å². The summed E-state index contributed by atoms with van der Waals surface area (Å²) < 4.78 is 5.26. The second kappa shape index (κ2) is 7.76. The topological polar surface area (TPSA) is 91.2 Å². The number of rotatable bonds is 4. The minimum atomic E-state index is -0.655. The van der Waals surface area contributed by atoms with E-state index in [1.54, 1.807) is 30.3 Å². The molecule has 1 amide bonds. The molecule has 3 heterocycles. The molecule has 0 unspecified atom stereocenters. The number of aromatic amines is 1. The first kappa shape index (κ1) is 18.6. The first-order chi connectivity index (χ1) is 14.7. The maximum absolute atomic E-state index is 12.7. The number of fused-ring (bicyclic) bond motifs is 2. The largest absolute Gasteiger partial charge is 0.422 e. The SMILES string of the molecule is O=C(Nc1ccc2nc(CN3CCCCC3)[nH]c2c1)c1cc2ccccc2oc1=O. The van der Waals surface area contributed by atoms with Crippen molar-refractivity contribution in [2.24, 2.45) is 0 Å². The van der Waals surface area contributed by atoms with Crippen LogP contribution in [0.4, 0.5) is 5.69 Å². The number of amides is 1. The van der Waals surface area contributed by atoms with Gasteiger partial charge in [-0.05, 0) is 56.3 Å². The van der Waals surface area contributed by atoms with E-state index in [4.69, 9.17) is 4.42 Å². The number of nitrogens with one attached hydrogen (secondary N) is 2. The number of likely N-dealkylation sites (tertiary alicyclic amines) is 1. The van der Waals surface area contributed by atoms with E-state index < -0.39 is 11.5 Å². The Kier molecular flexibility index (Phi) is 4.80. The molecule has 0 saturated carbocycles. The summed E-state index contributed by atoms with van der Waals surface area (Å²) in [6.07, 6.45) is 3.77. The van der Waals surface area contributed by atoms with E-state index in [9.17, 15) is 9.59 Å². The highest BCUT2D eigenvalue weighted by molar-refractivity contribution is 6.06. The number of carbonyl (C=O) groups excluding carboxylic acids is 1. The fourth-order valence-corrected chi connectivity index (χ4v) is 3.96. The zero-order valence-corrected chi connectivity index (χ0v) is 16.5. The summed E-state index contributed by atoms with van der Waals surface area (Å²) in [6.45, 7) is 3.01. The van der Waals surface area contributed by atoms with Gasteiger partial charge in [0.15, 0.2) is 0 Å². The third-order valence-corrected chi connectivity index (χ3v) is 5.50. The number of hydrogen-bond acceptors (Lipinski definition) is 5. The van der Waals surface area contributed by atoms with E-state index in [1.807, 2.05) is 18.2 Å². The van der Waals surface area contributed by atoms with Gasteiger partial charge in [0.2, 0.25) is 0 Å². The molecule has 4 aromatic rings. The van der Waals surface area contributed by atoms with Crippen molar-refractivity contribution in [1.29, 1.82) is 0 Å². The number of carbonyl (C=O) groups is 1. The fourth-order valence-electron chi connectivity index (χ4n) is 3.96. The van der Waals surface area contributed by atoms with Crippen molar-refractivity contribution in [2.75, 3.05) is 18.4 Å². The van der Waals surface area contributed by atoms with Crippen LogP contribution in [0.25, 0.3) is 22.0 Å². The molecule has 1 saturated heterocycles. The third kappa shape index (κ3) is 3.71. The number of H-pyrrole nitrogens is 1. The molecular formula is C23H22N4O3. The van der Waals surface area contributed by atoms with Crippen molar-refractivity contribution in [2.45, 2.75) is 25.8 Å². The van der Waals surface area contributed by atoms with Crippen LogP contribution < -0.4 is 10.9 Å². The molecule has 0 spiro atoms. The highest BCUT2D eigenvalue weighted by atomic mass is 16.4. The highest BCUT2D eigenvalue weighted by Crippen LogP contribution is 2.20. The third-order valence-electron chi connectivity index (χ3n) is 5.50. The van der Waals surface area contributed by atoms with Crippen LogP contribution in [0.1, 0.15) is 35.4 Å². The maximum Gasteiger partial charge on any atom is 0.349 e. The summed E-state index contributed by atoms with van der Waals surface area (Å²) in [5, 5.41) is 3.49. The average molecular weight is 402 g/mol. The summed E-state index contributed by atoms with van der Waals surface area (Å²) in [5.74, 6) is 0.424. The Bertz CT molecular complexity index is 1280. The van der Waals surface area contributed by atoms with Gasteiger partial charge in [-0.15, -0.1) is 0 Å². The minimum Gasteiger partial charge on any atom is -0.422 e. The van der Waals surface area contributed by atoms with E-state index in [-0.39, 0.29) is 5.56 Å². The lowest BCUT2D eigenvalue weighted by atomic mass is 10.1. The van der Waals surface area contributed by atoms with Gasteiger partial charge in [-0.3, -0.25) is 9.69 Å². The number of hydrogen-bond donors (Lipinski definition) is 2. The number of para-hydroxylation sites is 1. The van der Waals surface area contributed by atoms with Gasteiger partial charge in [-0.1, -0.05) is 24.6 Å². The van der Waals surface area contributed by atoms with Crippen LogP contribution in [-0.4, -0.2) is 33.9 Å². The van der Waals surface area contributed by atoms with E-state index >= 15 is 0 Å². The van der Waals surface area contributed by atoms with E-state index in [0.717, 1.165) is 36.5 Å². The Morgan fingerprint density at radius 2 is 1.93 bits per heavy atom. The standard InChI is InChI=1S/C23H22N4O3/c28-22(17-12-15-6-2-3-7-20(15)30-23(17)29)24-16-8-9-18-19(13-16)26-21(25-18)14-27-10-4-1-5-11-27/h2-3,6-9,12-13H,1,4-5,10-11,14H2,(H,24,28)(H,25,26). The monoisotopic (exact) mass is 402 g/mol. The van der Waals surface area contributed by atoms with Gasteiger partial charge in [0.05, 0.1) is 17.6 Å². The fraction of sp³-hybridized carbons (Fsp3) is 0.261. The molecule has 2 aromatic heterocycles. The summed E-state index contributed by atoms with van der Waals surface area (Å²) in [4.78, 5) is 35.3. The number of nitrogens with zero attached hydrogens (tertiary/aromatic N) is 2. The maximum atomic E-state index is 12.7. The quantitative estimate of drug-likeness (QED) is 0.505. The second-order valence-corrected chi connectivity index (χ2v) is 7.69. The molecule has 2 aromatic carbocycles. The van der Waals surface area contributed by atoms with Crippen LogP contribution in [0.15, 0.2) is 57.7 Å². The van der Waals surface area contributed by atoms with Crippen molar-refractivity contribution < 1.29 is 9.21 Å². The second-order valence-electron chi connectivity index (χ2n) is 7.69. The molecule has 0 bridgehead atoms. The number of benzene rings is 2. The highest BCUT2D eigenvalue weighted by Gasteiger charge is 2.16. The van der Waals surface area contributed by atoms with Crippen LogP contribution in [0, 0.1) is 0 Å². The first-order valence-corrected chi connectivity index (χ1v) is 10.2. The Labute approximate surface area is 172 Å². The number of aromatic nitrogens is 2. The average Bonchev–Trinajstić information content (AvgIpc) is 3.15. The lowest BCUT2D eigenvalue weighted by Crippen LogP contribution is -2.29. The predicted octanol–water partition coefficient (Wildman–Crippen LogP) is 3.91.